The minimum atomic E-state index is 0. The van der Waals surface area contributed by atoms with Gasteiger partial charge < -0.3 is 0 Å². The summed E-state index contributed by atoms with van der Waals surface area (Å²) in [7, 11) is 0. The summed E-state index contributed by atoms with van der Waals surface area (Å²) in [6, 6.07) is 0. The average Bonchev–Trinajstić information content (AvgIpc) is 0. The van der Waals surface area contributed by atoms with E-state index in [1.165, 1.54) is 0 Å². The summed E-state index contributed by atoms with van der Waals surface area (Å²) in [5.41, 5.74) is 0. The Hall–Kier alpha value is 2.87. The van der Waals surface area contributed by atoms with Gasteiger partial charge in [0.05, 0.1) is 0 Å². The van der Waals surface area contributed by atoms with Crippen molar-refractivity contribution in [3.8, 4) is 0 Å². The molecule has 0 N–H and O–H groups in total. The zero-order valence-electron chi connectivity index (χ0n) is 3.12. The molecule has 0 aliphatic carbocycles. The van der Waals surface area contributed by atoms with Gasteiger partial charge in [-0.05, 0) is 0 Å². The van der Waals surface area contributed by atoms with Crippen LogP contribution in [0.4, 0.5) is 0 Å². The third-order valence-electron chi connectivity index (χ3n) is 0. The van der Waals surface area contributed by atoms with Gasteiger partial charge in [-0.2, -0.15) is 0 Å². The van der Waals surface area contributed by atoms with Crippen LogP contribution in [0.3, 0.4) is 0 Å². The molecule has 0 saturated carbocycles. The number of hydrogen-bond acceptors (Lipinski definition) is 0. The molecular formula is NaZn3+7. The summed E-state index contributed by atoms with van der Waals surface area (Å²) in [5.74, 6) is 0. The van der Waals surface area contributed by atoms with Crippen molar-refractivity contribution in [1.29, 1.82) is 0 Å². The van der Waals surface area contributed by atoms with E-state index in [1.807, 2.05) is 0 Å². The van der Waals surface area contributed by atoms with Crippen molar-refractivity contribution in [2.24, 2.45) is 0 Å². The predicted molar refractivity (Wildman–Crippen MR) is 0 cm³/mol. The Labute approximate surface area is 86.4 Å². The van der Waals surface area contributed by atoms with E-state index in [0.717, 1.165) is 0 Å². The molecule has 0 fully saturated rings. The van der Waals surface area contributed by atoms with Gasteiger partial charge in [0.1, 0.15) is 0 Å². The van der Waals surface area contributed by atoms with E-state index in [2.05, 4.69) is 0 Å². The molecule has 0 bridgehead atoms. The Balaban J connectivity index is 0. The van der Waals surface area contributed by atoms with Crippen LogP contribution in [0.5, 0.6) is 0 Å². The fourth-order valence-corrected chi connectivity index (χ4v) is 0. The fourth-order valence-electron chi connectivity index (χ4n) is 0. The fraction of sp³-hybridized carbons (Fsp3) is 0. The van der Waals surface area contributed by atoms with Crippen molar-refractivity contribution in [2.45, 2.75) is 0 Å². The van der Waals surface area contributed by atoms with Gasteiger partial charge in [-0.25, -0.2) is 0 Å². The van der Waals surface area contributed by atoms with E-state index >= 15 is 0 Å². The van der Waals surface area contributed by atoms with Crippen molar-refractivity contribution in [1.82, 2.24) is 0 Å². The molecule has 0 spiro atoms. The summed E-state index contributed by atoms with van der Waals surface area (Å²) < 4.78 is 0. The van der Waals surface area contributed by atoms with Crippen LogP contribution in [0.1, 0.15) is 0 Å². The second kappa shape index (κ2) is 16.9. The van der Waals surface area contributed by atoms with Gasteiger partial charge in [-0.1, -0.05) is 0 Å². The summed E-state index contributed by atoms with van der Waals surface area (Å²) >= 11 is 0. The largest absolute Gasteiger partial charge is 2.00 e. The second-order valence-corrected chi connectivity index (χ2v) is 0. The van der Waals surface area contributed by atoms with Crippen molar-refractivity contribution in [3.63, 3.8) is 0 Å². The Morgan fingerprint density at radius 1 is 0.500 bits per heavy atom. The molecule has 0 aliphatic heterocycles. The minimum Gasteiger partial charge on any atom is 1.00 e. The predicted octanol–water partition coefficient (Wildman–Crippen LogP) is -3.00. The maximum Gasteiger partial charge on any atom is 2.00 e. The van der Waals surface area contributed by atoms with Crippen LogP contribution >= 0.6 is 0 Å². The zero-order chi connectivity index (χ0) is 0. The standard InChI is InChI=1S/Na.3Zn/q+1;3*+2. The van der Waals surface area contributed by atoms with Crippen LogP contribution in [0.25, 0.3) is 0 Å². The van der Waals surface area contributed by atoms with Crippen LogP contribution in [-0.4, -0.2) is 0 Å². The van der Waals surface area contributed by atoms with E-state index in [9.17, 15) is 0 Å². The minimum absolute atomic E-state index is 0. The topological polar surface area (TPSA) is 0 Å². The monoisotopic (exact) mass is 215 g/mol. The van der Waals surface area contributed by atoms with Crippen LogP contribution in [-0.2, 0) is 58.4 Å². The van der Waals surface area contributed by atoms with Crippen LogP contribution in [0.2, 0.25) is 0 Å². The molecule has 0 saturated heterocycles. The number of hydrogen-bond donors (Lipinski definition) is 0. The Morgan fingerprint density at radius 3 is 0.500 bits per heavy atom. The molecule has 0 aromatic heterocycles. The molecule has 0 aliphatic rings. The molecule has 0 aromatic rings. The van der Waals surface area contributed by atoms with Crippen LogP contribution in [0.15, 0.2) is 0 Å². The Morgan fingerprint density at radius 2 is 0.500 bits per heavy atom. The van der Waals surface area contributed by atoms with Gasteiger partial charge in [0.15, 0.2) is 0 Å². The normalized spacial score (nSPS) is 0. The first-order valence-corrected chi connectivity index (χ1v) is 0. The smallest absolute Gasteiger partial charge is 1.00 e. The van der Waals surface area contributed by atoms with E-state index in [1.54, 1.807) is 0 Å². The van der Waals surface area contributed by atoms with E-state index in [0.29, 0.717) is 0 Å². The van der Waals surface area contributed by atoms with Crippen LogP contribution < -0.4 is 29.6 Å². The molecule has 0 nitrogen and oxygen atoms in total. The molecule has 4 heavy (non-hydrogen) atoms. The average molecular weight is 219 g/mol. The summed E-state index contributed by atoms with van der Waals surface area (Å²) in [6.45, 7) is 0. The molecule has 0 aromatic carbocycles. The van der Waals surface area contributed by atoms with Gasteiger partial charge in [0, 0.05) is 0 Å². The first kappa shape index (κ1) is 28.7. The Bertz CT molecular complexity index is 3.25. The molecule has 0 rings (SSSR count). The van der Waals surface area contributed by atoms with Gasteiger partial charge in [-0.15, -0.1) is 0 Å². The number of rotatable bonds is 0. The molecule has 0 radical (unpaired) electrons. The van der Waals surface area contributed by atoms with Gasteiger partial charge >= 0.3 is 88.0 Å². The molecule has 0 valence electrons. The molecule has 0 atom stereocenters. The quantitative estimate of drug-likeness (QED) is 0.381. The maximum absolute atomic E-state index is 0. The van der Waals surface area contributed by atoms with Gasteiger partial charge in [0.2, 0.25) is 0 Å². The van der Waals surface area contributed by atoms with Crippen molar-refractivity contribution < 1.29 is 88.0 Å². The maximum atomic E-state index is 0. The molecule has 0 amide bonds. The van der Waals surface area contributed by atoms with Crippen molar-refractivity contribution in [2.75, 3.05) is 0 Å². The second-order valence-electron chi connectivity index (χ2n) is 0. The molecule has 4 heteroatoms. The molecular weight excluding hydrogens is 219 g/mol. The van der Waals surface area contributed by atoms with Crippen molar-refractivity contribution in [3.05, 3.63) is 0 Å². The van der Waals surface area contributed by atoms with Gasteiger partial charge in [-0.3, -0.25) is 0 Å². The first-order chi connectivity index (χ1) is 0. The van der Waals surface area contributed by atoms with E-state index in [-0.39, 0.29) is 88.0 Å². The SMILES string of the molecule is [Na+].[Zn+2].[Zn+2].[Zn+2]. The van der Waals surface area contributed by atoms with E-state index in [4.69, 9.17) is 0 Å². The zero-order valence-corrected chi connectivity index (χ0v) is 14.0. The summed E-state index contributed by atoms with van der Waals surface area (Å²) in [4.78, 5) is 0. The summed E-state index contributed by atoms with van der Waals surface area (Å²) in [5, 5.41) is 0. The van der Waals surface area contributed by atoms with E-state index < -0.39 is 0 Å². The van der Waals surface area contributed by atoms with Crippen molar-refractivity contribution >= 4 is 0 Å². The molecule has 0 unspecified atom stereocenters. The third kappa shape index (κ3) is 8.85. The van der Waals surface area contributed by atoms with Crippen LogP contribution in [0, 0.1) is 0 Å². The molecule has 0 heterocycles. The Kier molecular flexibility index (Phi) is 121. The first-order valence-electron chi connectivity index (χ1n) is 0. The summed E-state index contributed by atoms with van der Waals surface area (Å²) in [6.07, 6.45) is 0. The third-order valence-corrected chi connectivity index (χ3v) is 0. The van der Waals surface area contributed by atoms with Gasteiger partial charge in [0.25, 0.3) is 0 Å².